The highest BCUT2D eigenvalue weighted by Gasteiger charge is 2.22. The van der Waals surface area contributed by atoms with E-state index in [2.05, 4.69) is 48.0 Å². The van der Waals surface area contributed by atoms with Crippen molar-refractivity contribution in [3.63, 3.8) is 0 Å². The molecule has 4 heteroatoms. The van der Waals surface area contributed by atoms with E-state index in [0.29, 0.717) is 0 Å². The predicted octanol–water partition coefficient (Wildman–Crippen LogP) is 3.81. The van der Waals surface area contributed by atoms with Crippen LogP contribution in [0.25, 0.3) is 10.9 Å². The van der Waals surface area contributed by atoms with Crippen molar-refractivity contribution in [1.82, 2.24) is 14.8 Å². The summed E-state index contributed by atoms with van der Waals surface area (Å²) >= 11 is 0. The molecule has 0 atom stereocenters. The van der Waals surface area contributed by atoms with Gasteiger partial charge >= 0.3 is 0 Å². The first-order valence-electron chi connectivity index (χ1n) is 9.53. The first-order chi connectivity index (χ1) is 13.1. The molecule has 1 aromatic heterocycles. The van der Waals surface area contributed by atoms with Gasteiger partial charge in [-0.3, -0.25) is 14.7 Å². The maximum absolute atomic E-state index is 12.8. The van der Waals surface area contributed by atoms with E-state index < -0.39 is 0 Å². The van der Waals surface area contributed by atoms with E-state index in [-0.39, 0.29) is 5.91 Å². The number of amides is 1. The van der Waals surface area contributed by atoms with Crippen molar-refractivity contribution in [3.8, 4) is 0 Å². The Balaban J connectivity index is 1.41. The van der Waals surface area contributed by atoms with Crippen molar-refractivity contribution in [2.45, 2.75) is 20.4 Å². The van der Waals surface area contributed by atoms with Gasteiger partial charge in [0, 0.05) is 49.9 Å². The largest absolute Gasteiger partial charge is 0.336 e. The van der Waals surface area contributed by atoms with Gasteiger partial charge < -0.3 is 4.90 Å². The van der Waals surface area contributed by atoms with Crippen LogP contribution in [-0.4, -0.2) is 46.9 Å². The van der Waals surface area contributed by atoms with E-state index in [0.717, 1.165) is 43.8 Å². The number of hydrogen-bond donors (Lipinski definition) is 0. The van der Waals surface area contributed by atoms with E-state index in [1.807, 2.05) is 35.4 Å². The van der Waals surface area contributed by atoms with Gasteiger partial charge in [0.15, 0.2) is 0 Å². The molecule has 1 aliphatic rings. The van der Waals surface area contributed by atoms with Gasteiger partial charge in [-0.1, -0.05) is 30.3 Å². The second kappa shape index (κ2) is 7.49. The lowest BCUT2D eigenvalue weighted by atomic mass is 10.1. The van der Waals surface area contributed by atoms with Gasteiger partial charge in [0.05, 0.1) is 5.52 Å². The number of benzene rings is 2. The van der Waals surface area contributed by atoms with Crippen LogP contribution in [0.15, 0.2) is 54.7 Å². The Bertz CT molecular complexity index is 969. The SMILES string of the molecule is Cc1ccc(C(=O)N2CCN(Cc3cccc4cccnc34)CC2)cc1C. The fourth-order valence-electron chi connectivity index (χ4n) is 3.70. The third-order valence-electron chi connectivity index (χ3n) is 5.52. The molecule has 2 heterocycles. The maximum Gasteiger partial charge on any atom is 0.253 e. The molecule has 1 saturated heterocycles. The molecule has 2 aromatic carbocycles. The van der Waals surface area contributed by atoms with Crippen LogP contribution in [0.1, 0.15) is 27.0 Å². The van der Waals surface area contributed by atoms with Gasteiger partial charge in [0.1, 0.15) is 0 Å². The Morgan fingerprint density at radius 3 is 2.52 bits per heavy atom. The van der Waals surface area contributed by atoms with Crippen LogP contribution in [0.2, 0.25) is 0 Å². The molecular formula is C23H25N3O. The minimum atomic E-state index is 0.143. The van der Waals surface area contributed by atoms with Crippen molar-refractivity contribution in [2.75, 3.05) is 26.2 Å². The molecule has 3 aromatic rings. The van der Waals surface area contributed by atoms with Crippen LogP contribution in [-0.2, 0) is 6.54 Å². The fourth-order valence-corrected chi connectivity index (χ4v) is 3.70. The molecule has 0 spiro atoms. The lowest BCUT2D eigenvalue weighted by Gasteiger charge is -2.35. The minimum absolute atomic E-state index is 0.143. The van der Waals surface area contributed by atoms with Crippen LogP contribution in [0.5, 0.6) is 0 Å². The number of aromatic nitrogens is 1. The molecule has 0 saturated carbocycles. The smallest absolute Gasteiger partial charge is 0.253 e. The summed E-state index contributed by atoms with van der Waals surface area (Å²) < 4.78 is 0. The van der Waals surface area contributed by atoms with Crippen LogP contribution in [0, 0.1) is 13.8 Å². The molecule has 4 rings (SSSR count). The Kier molecular flexibility index (Phi) is 4.90. The van der Waals surface area contributed by atoms with Crippen LogP contribution >= 0.6 is 0 Å². The number of aryl methyl sites for hydroxylation is 2. The number of piperazine rings is 1. The standard InChI is InChI=1S/C23H25N3O/c1-17-8-9-20(15-18(17)2)23(27)26-13-11-25(12-14-26)16-21-6-3-5-19-7-4-10-24-22(19)21/h3-10,15H,11-14,16H2,1-2H3. The van der Waals surface area contributed by atoms with Crippen LogP contribution in [0.3, 0.4) is 0 Å². The van der Waals surface area contributed by atoms with Crippen LogP contribution in [0.4, 0.5) is 0 Å². The zero-order valence-electron chi connectivity index (χ0n) is 16.0. The third-order valence-corrected chi connectivity index (χ3v) is 5.52. The lowest BCUT2D eigenvalue weighted by molar-refractivity contribution is 0.0629. The second-order valence-corrected chi connectivity index (χ2v) is 7.36. The van der Waals surface area contributed by atoms with E-state index in [1.165, 1.54) is 22.1 Å². The highest BCUT2D eigenvalue weighted by atomic mass is 16.2. The summed E-state index contributed by atoms with van der Waals surface area (Å²) in [5, 5.41) is 1.18. The molecule has 0 unspecified atom stereocenters. The molecular weight excluding hydrogens is 334 g/mol. The van der Waals surface area contributed by atoms with E-state index in [1.54, 1.807) is 0 Å². The normalized spacial score (nSPS) is 15.3. The topological polar surface area (TPSA) is 36.4 Å². The molecule has 1 amide bonds. The maximum atomic E-state index is 12.8. The highest BCUT2D eigenvalue weighted by molar-refractivity contribution is 5.94. The van der Waals surface area contributed by atoms with Crippen LogP contribution < -0.4 is 0 Å². The number of nitrogens with zero attached hydrogens (tertiary/aromatic N) is 3. The van der Waals surface area contributed by atoms with Crippen molar-refractivity contribution < 1.29 is 4.79 Å². The number of fused-ring (bicyclic) bond motifs is 1. The zero-order valence-corrected chi connectivity index (χ0v) is 16.0. The average molecular weight is 359 g/mol. The average Bonchev–Trinajstić information content (AvgIpc) is 2.70. The van der Waals surface area contributed by atoms with Crippen molar-refractivity contribution in [2.24, 2.45) is 0 Å². The molecule has 138 valence electrons. The quantitative estimate of drug-likeness (QED) is 0.713. The third kappa shape index (κ3) is 3.71. The summed E-state index contributed by atoms with van der Waals surface area (Å²) in [5.41, 5.74) is 5.52. The molecule has 1 fully saturated rings. The molecule has 4 nitrogen and oxygen atoms in total. The second-order valence-electron chi connectivity index (χ2n) is 7.36. The number of carbonyl (C=O) groups excluding carboxylic acids is 1. The number of hydrogen-bond acceptors (Lipinski definition) is 3. The van der Waals surface area contributed by atoms with E-state index >= 15 is 0 Å². The lowest BCUT2D eigenvalue weighted by Crippen LogP contribution is -2.48. The van der Waals surface area contributed by atoms with Gasteiger partial charge in [0.25, 0.3) is 5.91 Å². The number of pyridine rings is 1. The van der Waals surface area contributed by atoms with Gasteiger partial charge in [-0.25, -0.2) is 0 Å². The first-order valence-corrected chi connectivity index (χ1v) is 9.53. The Morgan fingerprint density at radius 1 is 0.963 bits per heavy atom. The number of para-hydroxylation sites is 1. The van der Waals surface area contributed by atoms with Gasteiger partial charge in [-0.15, -0.1) is 0 Å². The first kappa shape index (κ1) is 17.7. The van der Waals surface area contributed by atoms with Gasteiger partial charge in [-0.05, 0) is 48.7 Å². The molecule has 0 bridgehead atoms. The van der Waals surface area contributed by atoms with Crippen molar-refractivity contribution >= 4 is 16.8 Å². The number of carbonyl (C=O) groups is 1. The van der Waals surface area contributed by atoms with E-state index in [9.17, 15) is 4.79 Å². The molecule has 0 radical (unpaired) electrons. The Labute approximate surface area is 160 Å². The summed E-state index contributed by atoms with van der Waals surface area (Å²) in [6.45, 7) is 8.32. The monoisotopic (exact) mass is 359 g/mol. The minimum Gasteiger partial charge on any atom is -0.336 e. The van der Waals surface area contributed by atoms with Crippen molar-refractivity contribution in [3.05, 3.63) is 77.0 Å². The van der Waals surface area contributed by atoms with E-state index in [4.69, 9.17) is 0 Å². The molecule has 0 N–H and O–H groups in total. The van der Waals surface area contributed by atoms with Crippen molar-refractivity contribution in [1.29, 1.82) is 0 Å². The Hall–Kier alpha value is -2.72. The van der Waals surface area contributed by atoms with Gasteiger partial charge in [-0.2, -0.15) is 0 Å². The molecule has 0 aliphatic carbocycles. The highest BCUT2D eigenvalue weighted by Crippen LogP contribution is 2.19. The Morgan fingerprint density at radius 2 is 1.74 bits per heavy atom. The van der Waals surface area contributed by atoms with Gasteiger partial charge in [0.2, 0.25) is 0 Å². The number of rotatable bonds is 3. The summed E-state index contributed by atoms with van der Waals surface area (Å²) in [4.78, 5) is 21.7. The summed E-state index contributed by atoms with van der Waals surface area (Å²) in [6, 6.07) is 16.4. The summed E-state index contributed by atoms with van der Waals surface area (Å²) in [5.74, 6) is 0.143. The summed E-state index contributed by atoms with van der Waals surface area (Å²) in [7, 11) is 0. The molecule has 27 heavy (non-hydrogen) atoms. The zero-order chi connectivity index (χ0) is 18.8. The molecule has 1 aliphatic heterocycles. The summed E-state index contributed by atoms with van der Waals surface area (Å²) in [6.07, 6.45) is 1.85. The fraction of sp³-hybridized carbons (Fsp3) is 0.304. The predicted molar refractivity (Wildman–Crippen MR) is 109 cm³/mol.